The summed E-state index contributed by atoms with van der Waals surface area (Å²) in [6.45, 7) is 1.43. The van der Waals surface area contributed by atoms with Crippen molar-refractivity contribution in [2.24, 2.45) is 0 Å². The van der Waals surface area contributed by atoms with Gasteiger partial charge in [-0.2, -0.15) is 4.39 Å². The highest BCUT2D eigenvalue weighted by molar-refractivity contribution is 6.58. The summed E-state index contributed by atoms with van der Waals surface area (Å²) in [7, 11) is 16.9. The molecule has 1 aromatic heterocycles. The van der Waals surface area contributed by atoms with Crippen molar-refractivity contribution in [2.75, 3.05) is 12.4 Å². The van der Waals surface area contributed by atoms with E-state index in [4.69, 9.17) is 33.0 Å². The minimum absolute atomic E-state index is 0.119. The summed E-state index contributed by atoms with van der Waals surface area (Å²) in [5.41, 5.74) is -2.55. The number of benzene rings is 2. The number of carbonyl (C=O) groups is 2. The molecule has 214 valence electrons. The van der Waals surface area contributed by atoms with Crippen LogP contribution >= 0.6 is 0 Å². The van der Waals surface area contributed by atoms with E-state index in [2.05, 4.69) is 19.8 Å². The Bertz CT molecular complexity index is 1520. The molecule has 0 bridgehead atoms. The highest BCUT2D eigenvalue weighted by Crippen LogP contribution is 2.42. The zero-order chi connectivity index (χ0) is 31.6. The first-order chi connectivity index (χ1) is 19.4. The van der Waals surface area contributed by atoms with Crippen LogP contribution in [0.5, 0.6) is 23.0 Å². The Morgan fingerprint density at radius 3 is 2.14 bits per heavy atom. The first-order valence-electron chi connectivity index (χ1n) is 11.2. The van der Waals surface area contributed by atoms with E-state index < -0.39 is 75.7 Å². The molecule has 0 atom stereocenters. The highest BCUT2D eigenvalue weighted by atomic mass is 19.4. The van der Waals surface area contributed by atoms with E-state index >= 15 is 4.39 Å². The fourth-order valence-corrected chi connectivity index (χ4v) is 3.29. The number of halogens is 7. The molecular formula is C24H14B3F7N2O6. The number of alkyl halides is 5. The number of esters is 1. The number of rotatable bonds is 9. The molecule has 8 nitrogen and oxygen atoms in total. The maximum Gasteiger partial charge on any atom is 0.573 e. The Hall–Kier alpha value is -4.37. The standard InChI is InChI=1S/C24H14B3F7N2O6/c1-9-8-35-12(22(38)39-2)7-11(9)36-21(37)16-13(4-3-10(17(16)28)20(30)31)40-15-6-5-14(41-24(32,33)34)18(29)19(15)42-23(25,26)27/h3-8,20H,1-2H3,(H,35,36,37). The molecule has 42 heavy (non-hydrogen) atoms. The average Bonchev–Trinajstić information content (AvgIpc) is 2.87. The maximum absolute atomic E-state index is 15.3. The Morgan fingerprint density at radius 2 is 1.57 bits per heavy atom. The van der Waals surface area contributed by atoms with Gasteiger partial charge in [0.15, 0.2) is 17.2 Å². The van der Waals surface area contributed by atoms with Crippen LogP contribution in [0.2, 0.25) is 0 Å². The molecule has 3 rings (SSSR count). The second-order valence-electron chi connectivity index (χ2n) is 8.28. The van der Waals surface area contributed by atoms with Crippen LogP contribution < -0.4 is 19.5 Å². The molecular weight excluding hydrogens is 578 g/mol. The third-order valence-electron chi connectivity index (χ3n) is 5.09. The molecule has 1 amide bonds. The van der Waals surface area contributed by atoms with Gasteiger partial charge in [-0.05, 0) is 48.1 Å². The van der Waals surface area contributed by atoms with Gasteiger partial charge in [-0.25, -0.2) is 22.9 Å². The monoisotopic (exact) mass is 592 g/mol. The van der Waals surface area contributed by atoms with E-state index in [9.17, 15) is 35.9 Å². The zero-order valence-corrected chi connectivity index (χ0v) is 21.3. The summed E-state index contributed by atoms with van der Waals surface area (Å²) >= 11 is 0. The van der Waals surface area contributed by atoms with Crippen LogP contribution in [0, 0.1) is 18.6 Å². The van der Waals surface area contributed by atoms with Crippen molar-refractivity contribution in [1.29, 1.82) is 0 Å². The molecule has 0 aliphatic heterocycles. The molecule has 18 heteroatoms. The van der Waals surface area contributed by atoms with E-state index in [1.54, 1.807) is 0 Å². The quantitative estimate of drug-likeness (QED) is 0.216. The molecule has 0 spiro atoms. The van der Waals surface area contributed by atoms with Gasteiger partial charge in [0, 0.05) is 11.9 Å². The van der Waals surface area contributed by atoms with Gasteiger partial charge in [-0.15, -0.1) is 13.2 Å². The van der Waals surface area contributed by atoms with Crippen molar-refractivity contribution >= 4 is 41.1 Å². The van der Waals surface area contributed by atoms with Crippen LogP contribution in [0.4, 0.5) is 36.4 Å². The van der Waals surface area contributed by atoms with Crippen molar-refractivity contribution in [3.63, 3.8) is 0 Å². The van der Waals surface area contributed by atoms with Gasteiger partial charge in [0.05, 0.1) is 12.7 Å². The van der Waals surface area contributed by atoms with Gasteiger partial charge in [0.2, 0.25) is 5.82 Å². The predicted molar refractivity (Wildman–Crippen MR) is 133 cm³/mol. The van der Waals surface area contributed by atoms with E-state index in [1.165, 1.54) is 6.92 Å². The van der Waals surface area contributed by atoms with Crippen LogP contribution in [-0.2, 0) is 4.74 Å². The lowest BCUT2D eigenvalue weighted by molar-refractivity contribution is -0.275. The first-order valence-corrected chi connectivity index (χ1v) is 11.2. The van der Waals surface area contributed by atoms with Gasteiger partial charge >= 0.3 is 12.3 Å². The number of amides is 1. The lowest BCUT2D eigenvalue weighted by atomic mass is 9.52. The summed E-state index contributed by atoms with van der Waals surface area (Å²) in [6.07, 6.45) is -7.62. The lowest BCUT2D eigenvalue weighted by Gasteiger charge is -2.26. The summed E-state index contributed by atoms with van der Waals surface area (Å²) in [5.74, 6) is -10.4. The average molecular weight is 592 g/mol. The maximum atomic E-state index is 15.3. The number of nitrogens with one attached hydrogen (secondary N) is 1. The number of aromatic nitrogens is 1. The molecule has 1 N–H and O–H groups in total. The molecule has 3 aromatic rings. The van der Waals surface area contributed by atoms with Crippen LogP contribution in [0.25, 0.3) is 0 Å². The second kappa shape index (κ2) is 12.2. The second-order valence-corrected chi connectivity index (χ2v) is 8.28. The van der Waals surface area contributed by atoms with Gasteiger partial charge in [-0.3, -0.25) is 4.79 Å². The van der Waals surface area contributed by atoms with Gasteiger partial charge < -0.3 is 24.3 Å². The Balaban J connectivity index is 2.14. The molecule has 0 fully saturated rings. The molecule has 0 unspecified atom stereocenters. The van der Waals surface area contributed by atoms with Gasteiger partial charge in [-0.1, -0.05) is 0 Å². The molecule has 0 saturated carbocycles. The van der Waals surface area contributed by atoms with Crippen LogP contribution in [0.1, 0.15) is 38.4 Å². The van der Waals surface area contributed by atoms with E-state index in [-0.39, 0.29) is 16.9 Å². The number of ether oxygens (including phenoxy) is 4. The lowest BCUT2D eigenvalue weighted by Crippen LogP contribution is -2.38. The molecule has 6 radical (unpaired) electrons. The van der Waals surface area contributed by atoms with Crippen molar-refractivity contribution in [3.05, 3.63) is 70.5 Å². The van der Waals surface area contributed by atoms with Crippen LogP contribution in [0.3, 0.4) is 0 Å². The van der Waals surface area contributed by atoms with Crippen LogP contribution in [0.15, 0.2) is 36.5 Å². The fraction of sp³-hybridized carbons (Fsp3) is 0.208. The van der Waals surface area contributed by atoms with Crippen molar-refractivity contribution in [2.45, 2.75) is 25.0 Å². The van der Waals surface area contributed by atoms with E-state index in [0.29, 0.717) is 24.3 Å². The topological polar surface area (TPSA) is 96.0 Å². The largest absolute Gasteiger partial charge is 0.573 e. The number of nitrogens with zero attached hydrogens (tertiary/aromatic N) is 1. The number of hydrogen-bond donors (Lipinski definition) is 1. The minimum Gasteiger partial charge on any atom is -0.510 e. The molecule has 0 aliphatic rings. The normalized spacial score (nSPS) is 11.7. The number of aryl methyl sites for hydroxylation is 1. The minimum atomic E-state index is -5.36. The van der Waals surface area contributed by atoms with Gasteiger partial charge in [0.25, 0.3) is 12.3 Å². The van der Waals surface area contributed by atoms with E-state index in [1.807, 2.05) is 0 Å². The van der Waals surface area contributed by atoms with E-state index in [0.717, 1.165) is 19.4 Å². The molecule has 0 aliphatic carbocycles. The number of carbonyl (C=O) groups excluding carboxylic acids is 2. The predicted octanol–water partition coefficient (Wildman–Crippen LogP) is 4.83. The molecule has 2 aromatic carbocycles. The highest BCUT2D eigenvalue weighted by Gasteiger charge is 2.35. The molecule has 1 heterocycles. The van der Waals surface area contributed by atoms with Crippen molar-refractivity contribution in [1.82, 2.24) is 4.98 Å². The Kier molecular flexibility index (Phi) is 9.37. The SMILES string of the molecule is [B]C([B])([B])Oc1c(Oc2ccc(C(F)F)c(F)c2C(=O)Nc2cc(C(=O)OC)ncc2C)ccc(OC(F)(F)F)c1F. The summed E-state index contributed by atoms with van der Waals surface area (Å²) < 4.78 is 114. The van der Waals surface area contributed by atoms with Crippen molar-refractivity contribution < 1.29 is 59.3 Å². The number of methoxy groups -OCH3 is 1. The Morgan fingerprint density at radius 1 is 0.952 bits per heavy atom. The number of pyridine rings is 1. The third kappa shape index (κ3) is 7.67. The zero-order valence-electron chi connectivity index (χ0n) is 21.3. The number of hydrogen-bond acceptors (Lipinski definition) is 7. The third-order valence-corrected chi connectivity index (χ3v) is 5.09. The summed E-state index contributed by atoms with van der Waals surface area (Å²) in [6, 6.07) is 3.34. The summed E-state index contributed by atoms with van der Waals surface area (Å²) in [5, 5.41) is -0.495. The smallest absolute Gasteiger partial charge is 0.510 e. The Labute approximate surface area is 236 Å². The van der Waals surface area contributed by atoms with Gasteiger partial charge in [0.1, 0.15) is 46.4 Å². The molecule has 0 saturated heterocycles. The van der Waals surface area contributed by atoms with Crippen LogP contribution in [-0.4, -0.2) is 59.2 Å². The number of anilines is 1. The van der Waals surface area contributed by atoms with Crippen molar-refractivity contribution in [3.8, 4) is 23.0 Å². The fourth-order valence-electron chi connectivity index (χ4n) is 3.29. The first kappa shape index (κ1) is 32.2. The summed E-state index contributed by atoms with van der Waals surface area (Å²) in [4.78, 5) is 28.8.